The van der Waals surface area contributed by atoms with E-state index in [0.29, 0.717) is 5.56 Å². The van der Waals surface area contributed by atoms with Crippen LogP contribution in [0.4, 0.5) is 17.1 Å². The molecule has 0 amide bonds. The summed E-state index contributed by atoms with van der Waals surface area (Å²) < 4.78 is 0. The van der Waals surface area contributed by atoms with Gasteiger partial charge in [0.25, 0.3) is 0 Å². The number of anilines is 3. The van der Waals surface area contributed by atoms with Crippen LogP contribution in [0.2, 0.25) is 0 Å². The van der Waals surface area contributed by atoms with Gasteiger partial charge in [0.15, 0.2) is 0 Å². The van der Waals surface area contributed by atoms with Crippen LogP contribution < -0.4 is 4.90 Å². The van der Waals surface area contributed by atoms with Gasteiger partial charge in [-0.05, 0) is 84.6 Å². The molecule has 4 aromatic rings. The molecule has 0 aromatic heterocycles. The lowest BCUT2D eigenvalue weighted by Crippen LogP contribution is -2.10. The Balaban J connectivity index is 1.73. The number of aromatic carboxylic acids is 1. The summed E-state index contributed by atoms with van der Waals surface area (Å²) in [5.74, 6) is -0.913. The fourth-order valence-corrected chi connectivity index (χ4v) is 3.59. The van der Waals surface area contributed by atoms with Crippen LogP contribution in [0.3, 0.4) is 0 Å². The molecule has 0 atom stereocenters. The SMILES string of the molecule is Cc1cccc(N(c2ccc(-c3ccc(C(=O)O)cc3)cc2)c2cccc(C)c2)c1. The molecule has 0 saturated heterocycles. The van der Waals surface area contributed by atoms with Crippen LogP contribution in [-0.2, 0) is 0 Å². The smallest absolute Gasteiger partial charge is 0.335 e. The summed E-state index contributed by atoms with van der Waals surface area (Å²) in [6, 6.07) is 32.3. The van der Waals surface area contributed by atoms with Gasteiger partial charge in [-0.25, -0.2) is 4.79 Å². The molecule has 0 radical (unpaired) electrons. The zero-order valence-corrected chi connectivity index (χ0v) is 17.0. The number of carboxylic acids is 1. The van der Waals surface area contributed by atoms with Crippen LogP contribution in [0.25, 0.3) is 11.1 Å². The number of aryl methyl sites for hydroxylation is 2. The Morgan fingerprint density at radius 3 is 1.53 bits per heavy atom. The Morgan fingerprint density at radius 1 is 0.633 bits per heavy atom. The molecule has 0 spiro atoms. The standard InChI is InChI=1S/C27H23NO2/c1-19-5-3-7-25(17-19)28(26-8-4-6-20(2)18-26)24-15-13-22(14-16-24)21-9-11-23(12-10-21)27(29)30/h3-18H,1-2H3,(H,29,30). The zero-order chi connectivity index (χ0) is 21.1. The number of carbonyl (C=O) groups is 1. The van der Waals surface area contributed by atoms with E-state index in [0.717, 1.165) is 28.2 Å². The van der Waals surface area contributed by atoms with E-state index in [2.05, 4.69) is 91.5 Å². The topological polar surface area (TPSA) is 40.5 Å². The van der Waals surface area contributed by atoms with Crippen LogP contribution in [0.5, 0.6) is 0 Å². The van der Waals surface area contributed by atoms with Crippen molar-refractivity contribution in [2.75, 3.05) is 4.90 Å². The summed E-state index contributed by atoms with van der Waals surface area (Å²) in [4.78, 5) is 13.3. The van der Waals surface area contributed by atoms with Gasteiger partial charge in [0.05, 0.1) is 5.56 Å². The molecular formula is C27H23NO2. The van der Waals surface area contributed by atoms with Crippen molar-refractivity contribution in [2.24, 2.45) is 0 Å². The molecular weight excluding hydrogens is 370 g/mol. The van der Waals surface area contributed by atoms with Crippen molar-refractivity contribution < 1.29 is 9.90 Å². The van der Waals surface area contributed by atoms with Crippen LogP contribution in [-0.4, -0.2) is 11.1 Å². The molecule has 0 saturated carbocycles. The highest BCUT2D eigenvalue weighted by atomic mass is 16.4. The van der Waals surface area contributed by atoms with Gasteiger partial charge in [0.1, 0.15) is 0 Å². The molecule has 4 rings (SSSR count). The Morgan fingerprint density at radius 2 is 1.10 bits per heavy atom. The minimum absolute atomic E-state index is 0.292. The molecule has 148 valence electrons. The van der Waals surface area contributed by atoms with Crippen molar-refractivity contribution in [3.8, 4) is 11.1 Å². The molecule has 3 heteroatoms. The van der Waals surface area contributed by atoms with Crippen molar-refractivity contribution in [2.45, 2.75) is 13.8 Å². The van der Waals surface area contributed by atoms with E-state index in [1.54, 1.807) is 12.1 Å². The van der Waals surface area contributed by atoms with Gasteiger partial charge in [-0.2, -0.15) is 0 Å². The minimum Gasteiger partial charge on any atom is -0.478 e. The Labute approximate surface area is 176 Å². The number of rotatable bonds is 5. The normalized spacial score (nSPS) is 10.6. The Hall–Kier alpha value is -3.85. The second-order valence-corrected chi connectivity index (χ2v) is 7.44. The molecule has 0 heterocycles. The molecule has 1 N–H and O–H groups in total. The third-order valence-electron chi connectivity index (χ3n) is 5.11. The molecule has 0 bridgehead atoms. The summed E-state index contributed by atoms with van der Waals surface area (Å²) in [6.07, 6.45) is 0. The third kappa shape index (κ3) is 4.11. The molecule has 0 aliphatic rings. The van der Waals surface area contributed by atoms with Gasteiger partial charge in [-0.3, -0.25) is 0 Å². The fraction of sp³-hybridized carbons (Fsp3) is 0.0741. The summed E-state index contributed by atoms with van der Waals surface area (Å²) in [7, 11) is 0. The summed E-state index contributed by atoms with van der Waals surface area (Å²) in [5.41, 5.74) is 8.03. The first-order valence-electron chi connectivity index (χ1n) is 9.88. The Kier molecular flexibility index (Phi) is 5.36. The predicted octanol–water partition coefficient (Wildman–Crippen LogP) is 7.14. The fourth-order valence-electron chi connectivity index (χ4n) is 3.59. The maximum atomic E-state index is 11.1. The number of nitrogens with zero attached hydrogens (tertiary/aromatic N) is 1. The summed E-state index contributed by atoms with van der Waals surface area (Å²) in [6.45, 7) is 4.20. The second-order valence-electron chi connectivity index (χ2n) is 7.44. The molecule has 30 heavy (non-hydrogen) atoms. The van der Waals surface area contributed by atoms with E-state index in [4.69, 9.17) is 5.11 Å². The van der Waals surface area contributed by atoms with E-state index in [-0.39, 0.29) is 0 Å². The van der Waals surface area contributed by atoms with E-state index in [9.17, 15) is 4.79 Å². The quantitative estimate of drug-likeness (QED) is 0.392. The van der Waals surface area contributed by atoms with Gasteiger partial charge in [0.2, 0.25) is 0 Å². The minimum atomic E-state index is -0.913. The monoisotopic (exact) mass is 393 g/mol. The van der Waals surface area contributed by atoms with Gasteiger partial charge in [-0.1, -0.05) is 48.5 Å². The lowest BCUT2D eigenvalue weighted by Gasteiger charge is -2.26. The van der Waals surface area contributed by atoms with Gasteiger partial charge in [0, 0.05) is 17.1 Å². The zero-order valence-electron chi connectivity index (χ0n) is 17.0. The second kappa shape index (κ2) is 8.26. The van der Waals surface area contributed by atoms with Crippen molar-refractivity contribution >= 4 is 23.0 Å². The number of hydrogen-bond donors (Lipinski definition) is 1. The number of hydrogen-bond acceptors (Lipinski definition) is 2. The first kappa shape index (κ1) is 19.5. The van der Waals surface area contributed by atoms with E-state index in [1.165, 1.54) is 11.1 Å². The lowest BCUT2D eigenvalue weighted by atomic mass is 10.0. The van der Waals surface area contributed by atoms with Crippen molar-refractivity contribution in [1.29, 1.82) is 0 Å². The molecule has 3 nitrogen and oxygen atoms in total. The molecule has 0 fully saturated rings. The number of carboxylic acid groups (broad SMARTS) is 1. The lowest BCUT2D eigenvalue weighted by molar-refractivity contribution is 0.0697. The molecule has 0 unspecified atom stereocenters. The number of benzene rings is 4. The average molecular weight is 393 g/mol. The third-order valence-corrected chi connectivity index (χ3v) is 5.11. The van der Waals surface area contributed by atoms with Gasteiger partial charge in [-0.15, -0.1) is 0 Å². The average Bonchev–Trinajstić information content (AvgIpc) is 2.75. The molecule has 0 aliphatic heterocycles. The Bertz CT molecular complexity index is 1130. The first-order chi connectivity index (χ1) is 14.5. The molecule has 4 aromatic carbocycles. The van der Waals surface area contributed by atoms with E-state index < -0.39 is 5.97 Å². The van der Waals surface area contributed by atoms with Crippen LogP contribution in [0.15, 0.2) is 97.1 Å². The van der Waals surface area contributed by atoms with Crippen LogP contribution >= 0.6 is 0 Å². The highest BCUT2D eigenvalue weighted by molar-refractivity contribution is 5.88. The van der Waals surface area contributed by atoms with Crippen molar-refractivity contribution in [3.63, 3.8) is 0 Å². The molecule has 0 aliphatic carbocycles. The summed E-state index contributed by atoms with van der Waals surface area (Å²) in [5, 5.41) is 9.09. The predicted molar refractivity (Wildman–Crippen MR) is 123 cm³/mol. The largest absolute Gasteiger partial charge is 0.478 e. The van der Waals surface area contributed by atoms with Crippen LogP contribution in [0.1, 0.15) is 21.5 Å². The van der Waals surface area contributed by atoms with Crippen LogP contribution in [0, 0.1) is 13.8 Å². The maximum absolute atomic E-state index is 11.1. The highest BCUT2D eigenvalue weighted by Crippen LogP contribution is 2.36. The summed E-state index contributed by atoms with van der Waals surface area (Å²) >= 11 is 0. The van der Waals surface area contributed by atoms with Gasteiger partial charge >= 0.3 is 5.97 Å². The van der Waals surface area contributed by atoms with Gasteiger partial charge < -0.3 is 10.0 Å². The van der Waals surface area contributed by atoms with E-state index in [1.807, 2.05) is 12.1 Å². The maximum Gasteiger partial charge on any atom is 0.335 e. The highest BCUT2D eigenvalue weighted by Gasteiger charge is 2.13. The van der Waals surface area contributed by atoms with E-state index >= 15 is 0 Å². The first-order valence-corrected chi connectivity index (χ1v) is 9.88. The van der Waals surface area contributed by atoms with Crippen molar-refractivity contribution in [3.05, 3.63) is 114 Å². The van der Waals surface area contributed by atoms with Crippen molar-refractivity contribution in [1.82, 2.24) is 0 Å².